The first-order valence-electron chi connectivity index (χ1n) is 4.52. The van der Waals surface area contributed by atoms with Gasteiger partial charge in [0.05, 0.1) is 20.4 Å². The molecule has 94 valence electrons. The highest BCUT2D eigenvalue weighted by Gasteiger charge is 2.06. The second kappa shape index (κ2) is 7.34. The van der Waals surface area contributed by atoms with E-state index in [9.17, 15) is 0 Å². The van der Waals surface area contributed by atoms with Gasteiger partial charge in [0.2, 0.25) is 5.96 Å². The van der Waals surface area contributed by atoms with E-state index in [0.717, 1.165) is 5.56 Å². The van der Waals surface area contributed by atoms with Crippen LogP contribution in [0.5, 0.6) is 11.5 Å². The number of ether oxygens (including phenoxy) is 2. The highest BCUT2D eigenvalue weighted by atomic mass is 35.5. The summed E-state index contributed by atoms with van der Waals surface area (Å²) in [4.78, 5) is 0. The third-order valence-electron chi connectivity index (χ3n) is 1.80. The van der Waals surface area contributed by atoms with Crippen LogP contribution in [0.1, 0.15) is 5.56 Å². The quantitative estimate of drug-likeness (QED) is 0.473. The van der Waals surface area contributed by atoms with Crippen molar-refractivity contribution >= 4 is 24.6 Å². The van der Waals surface area contributed by atoms with Crippen molar-refractivity contribution in [3.63, 3.8) is 0 Å². The summed E-state index contributed by atoms with van der Waals surface area (Å²) in [7, 11) is 3.12. The van der Waals surface area contributed by atoms with Crippen LogP contribution in [0.15, 0.2) is 28.4 Å². The smallest absolute Gasteiger partial charge is 0.211 e. The van der Waals surface area contributed by atoms with Crippen LogP contribution in [0, 0.1) is 0 Å². The summed E-state index contributed by atoms with van der Waals surface area (Å²) in [6.07, 6.45) is 1.49. The molecule has 1 aromatic carbocycles. The van der Waals surface area contributed by atoms with Gasteiger partial charge in [0.1, 0.15) is 0 Å². The van der Waals surface area contributed by atoms with E-state index in [0.29, 0.717) is 11.5 Å². The molecular weight excluding hydrogens is 244 g/mol. The maximum atomic E-state index is 5.20. The number of para-hydroxylation sites is 1. The Bertz CT molecular complexity index is 417. The number of rotatable bonds is 4. The molecule has 0 spiro atoms. The molecule has 0 amide bonds. The lowest BCUT2D eigenvalue weighted by Gasteiger charge is -2.08. The molecule has 7 heteroatoms. The minimum Gasteiger partial charge on any atom is -0.493 e. The van der Waals surface area contributed by atoms with Crippen LogP contribution >= 0.6 is 12.4 Å². The van der Waals surface area contributed by atoms with Gasteiger partial charge in [0.25, 0.3) is 0 Å². The summed E-state index contributed by atoms with van der Waals surface area (Å²) < 4.78 is 10.3. The summed E-state index contributed by atoms with van der Waals surface area (Å²) in [5.41, 5.74) is 11.0. The monoisotopic (exact) mass is 258 g/mol. The normalized spacial score (nSPS) is 9.53. The van der Waals surface area contributed by atoms with Gasteiger partial charge in [-0.1, -0.05) is 6.07 Å². The van der Waals surface area contributed by atoms with Crippen LogP contribution in [-0.2, 0) is 0 Å². The third kappa shape index (κ3) is 4.20. The molecule has 0 heterocycles. The van der Waals surface area contributed by atoms with Crippen molar-refractivity contribution in [2.75, 3.05) is 14.2 Å². The second-order valence-electron chi connectivity index (χ2n) is 2.85. The summed E-state index contributed by atoms with van der Waals surface area (Å²) in [5.74, 6) is 1.11. The van der Waals surface area contributed by atoms with E-state index in [-0.39, 0.29) is 18.4 Å². The Morgan fingerprint density at radius 1 is 1.24 bits per heavy atom. The van der Waals surface area contributed by atoms with E-state index in [2.05, 4.69) is 10.2 Å². The predicted molar refractivity (Wildman–Crippen MR) is 70.2 cm³/mol. The lowest BCUT2D eigenvalue weighted by atomic mass is 10.2. The molecule has 0 saturated carbocycles. The maximum absolute atomic E-state index is 5.20. The molecule has 0 saturated heterocycles. The van der Waals surface area contributed by atoms with E-state index in [1.165, 1.54) is 6.21 Å². The second-order valence-corrected chi connectivity index (χ2v) is 2.85. The SMILES string of the molecule is COc1cccc(/C=N/N=C(N)N)c1OC.Cl. The molecular formula is C10H15ClN4O2. The highest BCUT2D eigenvalue weighted by molar-refractivity contribution is 5.86. The molecule has 0 radical (unpaired) electrons. The third-order valence-corrected chi connectivity index (χ3v) is 1.80. The minimum absolute atomic E-state index is 0. The Morgan fingerprint density at radius 2 is 1.94 bits per heavy atom. The highest BCUT2D eigenvalue weighted by Crippen LogP contribution is 2.29. The number of hydrogen-bond acceptors (Lipinski definition) is 4. The number of nitrogens with two attached hydrogens (primary N) is 2. The van der Waals surface area contributed by atoms with E-state index >= 15 is 0 Å². The van der Waals surface area contributed by atoms with Crippen LogP contribution in [0.3, 0.4) is 0 Å². The number of methoxy groups -OCH3 is 2. The largest absolute Gasteiger partial charge is 0.493 e. The van der Waals surface area contributed by atoms with Crippen molar-refractivity contribution < 1.29 is 9.47 Å². The van der Waals surface area contributed by atoms with Crippen molar-refractivity contribution in [1.82, 2.24) is 0 Å². The molecule has 6 nitrogen and oxygen atoms in total. The van der Waals surface area contributed by atoms with Gasteiger partial charge in [0, 0.05) is 5.56 Å². The van der Waals surface area contributed by atoms with Gasteiger partial charge >= 0.3 is 0 Å². The molecule has 1 aromatic rings. The van der Waals surface area contributed by atoms with Crippen molar-refractivity contribution in [3.8, 4) is 11.5 Å². The number of nitrogens with zero attached hydrogens (tertiary/aromatic N) is 2. The molecule has 0 atom stereocenters. The first-order valence-corrected chi connectivity index (χ1v) is 4.52. The van der Waals surface area contributed by atoms with Crippen molar-refractivity contribution in [3.05, 3.63) is 23.8 Å². The van der Waals surface area contributed by atoms with Crippen LogP contribution in [0.25, 0.3) is 0 Å². The fourth-order valence-electron chi connectivity index (χ4n) is 1.17. The molecule has 0 aliphatic carbocycles. The first kappa shape index (κ1) is 15.0. The molecule has 0 aliphatic heterocycles. The zero-order valence-electron chi connectivity index (χ0n) is 9.58. The Kier molecular flexibility index (Phi) is 6.50. The first-order chi connectivity index (χ1) is 7.69. The average molecular weight is 259 g/mol. The van der Waals surface area contributed by atoms with E-state index in [4.69, 9.17) is 20.9 Å². The van der Waals surface area contributed by atoms with E-state index in [1.807, 2.05) is 12.1 Å². The predicted octanol–water partition coefficient (Wildman–Crippen LogP) is 0.733. The number of benzene rings is 1. The topological polar surface area (TPSA) is 95.2 Å². The summed E-state index contributed by atoms with van der Waals surface area (Å²) >= 11 is 0. The molecule has 0 bridgehead atoms. The number of hydrogen-bond donors (Lipinski definition) is 2. The van der Waals surface area contributed by atoms with Gasteiger partial charge in [-0.2, -0.15) is 5.10 Å². The Hall–Kier alpha value is -1.95. The summed E-state index contributed by atoms with van der Waals surface area (Å²) in [5, 5.41) is 7.20. The van der Waals surface area contributed by atoms with Gasteiger partial charge < -0.3 is 20.9 Å². The van der Waals surface area contributed by atoms with Crippen molar-refractivity contribution in [2.24, 2.45) is 21.7 Å². The standard InChI is InChI=1S/C10H14N4O2.ClH/c1-15-8-5-3-4-7(9(8)16-2)6-13-14-10(11)12;/h3-6H,1-2H3,(H4,11,12,14);1H/b13-6+;. The van der Waals surface area contributed by atoms with Crippen LogP contribution in [0.2, 0.25) is 0 Å². The van der Waals surface area contributed by atoms with Gasteiger partial charge in [-0.25, -0.2) is 0 Å². The van der Waals surface area contributed by atoms with Gasteiger partial charge in [-0.3, -0.25) is 0 Å². The van der Waals surface area contributed by atoms with E-state index in [1.54, 1.807) is 20.3 Å². The van der Waals surface area contributed by atoms with E-state index < -0.39 is 0 Å². The average Bonchev–Trinajstić information content (AvgIpc) is 2.28. The summed E-state index contributed by atoms with van der Waals surface area (Å²) in [6.45, 7) is 0. The number of guanidine groups is 1. The van der Waals surface area contributed by atoms with Crippen molar-refractivity contribution in [1.29, 1.82) is 0 Å². The lowest BCUT2D eigenvalue weighted by Crippen LogP contribution is -2.21. The molecule has 0 aliphatic rings. The fourth-order valence-corrected chi connectivity index (χ4v) is 1.17. The molecule has 17 heavy (non-hydrogen) atoms. The molecule has 0 unspecified atom stereocenters. The fraction of sp³-hybridized carbons (Fsp3) is 0.200. The Morgan fingerprint density at radius 3 is 2.47 bits per heavy atom. The van der Waals surface area contributed by atoms with Crippen LogP contribution < -0.4 is 20.9 Å². The molecule has 0 aromatic heterocycles. The van der Waals surface area contributed by atoms with Gasteiger partial charge in [-0.05, 0) is 12.1 Å². The van der Waals surface area contributed by atoms with Crippen LogP contribution in [0.4, 0.5) is 0 Å². The van der Waals surface area contributed by atoms with Crippen molar-refractivity contribution in [2.45, 2.75) is 0 Å². The summed E-state index contributed by atoms with van der Waals surface area (Å²) in [6, 6.07) is 5.42. The maximum Gasteiger partial charge on any atom is 0.211 e. The molecule has 0 fully saturated rings. The number of halogens is 1. The minimum atomic E-state index is -0.0990. The van der Waals surface area contributed by atoms with Gasteiger partial charge in [-0.15, -0.1) is 17.5 Å². The van der Waals surface area contributed by atoms with Crippen LogP contribution in [-0.4, -0.2) is 26.4 Å². The molecule has 1 rings (SSSR count). The van der Waals surface area contributed by atoms with Gasteiger partial charge in [0.15, 0.2) is 11.5 Å². The zero-order chi connectivity index (χ0) is 12.0. The Labute approximate surface area is 106 Å². The zero-order valence-corrected chi connectivity index (χ0v) is 10.4. The lowest BCUT2D eigenvalue weighted by molar-refractivity contribution is 0.354. The molecule has 4 N–H and O–H groups in total. The Balaban J connectivity index is 0.00000256.